The van der Waals surface area contributed by atoms with E-state index >= 15 is 0 Å². The number of nitrogens with zero attached hydrogens (tertiary/aromatic N) is 1. The largest absolute Gasteiger partial charge is 0.234 e. The van der Waals surface area contributed by atoms with E-state index < -0.39 is 0 Å². The zero-order chi connectivity index (χ0) is 8.55. The van der Waals surface area contributed by atoms with Gasteiger partial charge in [-0.25, -0.2) is 4.98 Å². The third-order valence-corrected chi connectivity index (χ3v) is 3.99. The normalized spacial score (nSPS) is 18.8. The highest BCUT2D eigenvalue weighted by Crippen LogP contribution is 2.37. The second-order valence-electron chi connectivity index (χ2n) is 3.39. The van der Waals surface area contributed by atoms with Crippen LogP contribution >= 0.6 is 27.3 Å². The van der Waals surface area contributed by atoms with Crippen molar-refractivity contribution in [2.75, 3.05) is 0 Å². The Kier molecular flexibility index (Phi) is 2.51. The first-order valence-electron chi connectivity index (χ1n) is 4.40. The van der Waals surface area contributed by atoms with Gasteiger partial charge in [0.1, 0.15) is 0 Å². The van der Waals surface area contributed by atoms with E-state index in [9.17, 15) is 0 Å². The standard InChI is InChI=1S/C9H12BrNS/c1-6-8(11-9(10)12-6)7-4-2-3-5-7/h7H,2-5H2,1H3. The molecule has 1 aliphatic carbocycles. The van der Waals surface area contributed by atoms with Gasteiger partial charge in [0.15, 0.2) is 3.92 Å². The zero-order valence-corrected chi connectivity index (χ0v) is 9.54. The quantitative estimate of drug-likeness (QED) is 0.732. The number of halogens is 1. The van der Waals surface area contributed by atoms with Crippen molar-refractivity contribution in [1.82, 2.24) is 4.98 Å². The minimum atomic E-state index is 0.757. The molecule has 0 radical (unpaired) electrons. The molecule has 1 aromatic heterocycles. The van der Waals surface area contributed by atoms with Gasteiger partial charge in [0.05, 0.1) is 5.69 Å². The molecule has 66 valence electrons. The second-order valence-corrected chi connectivity index (χ2v) is 5.87. The van der Waals surface area contributed by atoms with E-state index in [0.717, 1.165) is 9.83 Å². The lowest BCUT2D eigenvalue weighted by atomic mass is 10.0. The number of thiazole rings is 1. The molecule has 0 atom stereocenters. The van der Waals surface area contributed by atoms with Crippen LogP contribution < -0.4 is 0 Å². The van der Waals surface area contributed by atoms with Crippen molar-refractivity contribution in [2.24, 2.45) is 0 Å². The summed E-state index contributed by atoms with van der Waals surface area (Å²) in [6.45, 7) is 2.18. The molecule has 2 rings (SSSR count). The van der Waals surface area contributed by atoms with Crippen molar-refractivity contribution in [3.8, 4) is 0 Å². The Morgan fingerprint density at radius 2 is 2.08 bits per heavy atom. The van der Waals surface area contributed by atoms with Crippen molar-refractivity contribution in [2.45, 2.75) is 38.5 Å². The molecule has 0 saturated heterocycles. The summed E-state index contributed by atoms with van der Waals surface area (Å²) in [5, 5.41) is 0. The Morgan fingerprint density at radius 1 is 1.42 bits per heavy atom. The molecule has 12 heavy (non-hydrogen) atoms. The highest BCUT2D eigenvalue weighted by Gasteiger charge is 2.21. The molecule has 1 fully saturated rings. The number of aromatic nitrogens is 1. The third kappa shape index (κ3) is 1.57. The molecule has 1 aliphatic rings. The summed E-state index contributed by atoms with van der Waals surface area (Å²) in [6, 6.07) is 0. The van der Waals surface area contributed by atoms with E-state index in [4.69, 9.17) is 0 Å². The smallest absolute Gasteiger partial charge is 0.159 e. The highest BCUT2D eigenvalue weighted by atomic mass is 79.9. The average Bonchev–Trinajstić information content (AvgIpc) is 2.58. The fourth-order valence-corrected chi connectivity index (χ4v) is 3.59. The van der Waals surface area contributed by atoms with E-state index in [1.807, 2.05) is 0 Å². The lowest BCUT2D eigenvalue weighted by molar-refractivity contribution is 0.697. The van der Waals surface area contributed by atoms with Gasteiger partial charge in [0.25, 0.3) is 0 Å². The van der Waals surface area contributed by atoms with Crippen molar-refractivity contribution >= 4 is 27.3 Å². The first-order valence-corrected chi connectivity index (χ1v) is 6.01. The number of hydrogen-bond donors (Lipinski definition) is 0. The summed E-state index contributed by atoms with van der Waals surface area (Å²) in [7, 11) is 0. The van der Waals surface area contributed by atoms with Crippen molar-refractivity contribution in [1.29, 1.82) is 0 Å². The first kappa shape index (κ1) is 8.70. The number of hydrogen-bond acceptors (Lipinski definition) is 2. The SMILES string of the molecule is Cc1sc(Br)nc1C1CCCC1. The summed E-state index contributed by atoms with van der Waals surface area (Å²) in [6.07, 6.45) is 5.46. The molecule has 0 spiro atoms. The molecule has 0 aliphatic heterocycles. The molecule has 0 N–H and O–H groups in total. The average molecular weight is 246 g/mol. The molecule has 0 aromatic carbocycles. The maximum atomic E-state index is 4.53. The molecule has 0 unspecified atom stereocenters. The maximum Gasteiger partial charge on any atom is 0.159 e. The molecule has 0 amide bonds. The van der Waals surface area contributed by atoms with Crippen LogP contribution in [0.5, 0.6) is 0 Å². The highest BCUT2D eigenvalue weighted by molar-refractivity contribution is 9.11. The molecular weight excluding hydrogens is 234 g/mol. The summed E-state index contributed by atoms with van der Waals surface area (Å²) in [5.41, 5.74) is 1.35. The van der Waals surface area contributed by atoms with Gasteiger partial charge < -0.3 is 0 Å². The van der Waals surface area contributed by atoms with E-state index in [2.05, 4.69) is 27.8 Å². The van der Waals surface area contributed by atoms with Crippen LogP contribution in [0, 0.1) is 6.92 Å². The summed E-state index contributed by atoms with van der Waals surface area (Å²) in [4.78, 5) is 5.92. The van der Waals surface area contributed by atoms with Crippen LogP contribution in [0.4, 0.5) is 0 Å². The van der Waals surface area contributed by atoms with Crippen LogP contribution in [-0.4, -0.2) is 4.98 Å². The first-order chi connectivity index (χ1) is 5.77. The van der Waals surface area contributed by atoms with Gasteiger partial charge in [-0.15, -0.1) is 11.3 Å². The number of aryl methyl sites for hydroxylation is 1. The van der Waals surface area contributed by atoms with E-state index in [-0.39, 0.29) is 0 Å². The molecule has 1 saturated carbocycles. The van der Waals surface area contributed by atoms with E-state index in [1.165, 1.54) is 36.3 Å². The maximum absolute atomic E-state index is 4.53. The van der Waals surface area contributed by atoms with Gasteiger partial charge in [0, 0.05) is 10.8 Å². The molecular formula is C9H12BrNS. The summed E-state index contributed by atoms with van der Waals surface area (Å²) < 4.78 is 1.04. The van der Waals surface area contributed by atoms with Gasteiger partial charge in [0.2, 0.25) is 0 Å². The molecule has 0 bridgehead atoms. The van der Waals surface area contributed by atoms with Gasteiger partial charge in [-0.05, 0) is 35.7 Å². The van der Waals surface area contributed by atoms with Crippen LogP contribution in [-0.2, 0) is 0 Å². The molecule has 1 aromatic rings. The lowest BCUT2D eigenvalue weighted by Gasteiger charge is -2.05. The Morgan fingerprint density at radius 3 is 2.58 bits per heavy atom. The van der Waals surface area contributed by atoms with Gasteiger partial charge in [-0.2, -0.15) is 0 Å². The Balaban J connectivity index is 2.25. The third-order valence-electron chi connectivity index (χ3n) is 2.55. The summed E-state index contributed by atoms with van der Waals surface area (Å²) in [5.74, 6) is 0.757. The van der Waals surface area contributed by atoms with E-state index in [0.29, 0.717) is 0 Å². The number of rotatable bonds is 1. The molecule has 3 heteroatoms. The molecule has 1 heterocycles. The topological polar surface area (TPSA) is 12.9 Å². The van der Waals surface area contributed by atoms with Gasteiger partial charge in [-0.3, -0.25) is 0 Å². The van der Waals surface area contributed by atoms with Crippen LogP contribution in [0.2, 0.25) is 0 Å². The summed E-state index contributed by atoms with van der Waals surface area (Å²) >= 11 is 5.20. The minimum Gasteiger partial charge on any atom is -0.234 e. The monoisotopic (exact) mass is 245 g/mol. The van der Waals surface area contributed by atoms with Crippen LogP contribution in [0.15, 0.2) is 3.92 Å². The van der Waals surface area contributed by atoms with Crippen LogP contribution in [0.3, 0.4) is 0 Å². The van der Waals surface area contributed by atoms with Crippen LogP contribution in [0.1, 0.15) is 42.2 Å². The van der Waals surface area contributed by atoms with Crippen molar-refractivity contribution in [3.05, 3.63) is 14.5 Å². The van der Waals surface area contributed by atoms with Gasteiger partial charge >= 0.3 is 0 Å². The van der Waals surface area contributed by atoms with E-state index in [1.54, 1.807) is 11.3 Å². The molecule has 1 nitrogen and oxygen atoms in total. The van der Waals surface area contributed by atoms with Crippen molar-refractivity contribution < 1.29 is 0 Å². The Hall–Kier alpha value is 0.110. The van der Waals surface area contributed by atoms with Gasteiger partial charge in [-0.1, -0.05) is 12.8 Å². The Bertz CT molecular complexity index is 276. The predicted octanol–water partition coefficient (Wildman–Crippen LogP) is 3.87. The zero-order valence-electron chi connectivity index (χ0n) is 7.14. The Labute approximate surface area is 85.3 Å². The lowest BCUT2D eigenvalue weighted by Crippen LogP contribution is -1.93. The fourth-order valence-electron chi connectivity index (χ4n) is 1.95. The predicted molar refractivity (Wildman–Crippen MR) is 55.8 cm³/mol. The minimum absolute atomic E-state index is 0.757. The fraction of sp³-hybridized carbons (Fsp3) is 0.667. The van der Waals surface area contributed by atoms with Crippen LogP contribution in [0.25, 0.3) is 0 Å². The second kappa shape index (κ2) is 3.46. The van der Waals surface area contributed by atoms with Crippen molar-refractivity contribution in [3.63, 3.8) is 0 Å².